The highest BCUT2D eigenvalue weighted by atomic mass is 15.3. The van der Waals surface area contributed by atoms with Gasteiger partial charge in [0.1, 0.15) is 18.0 Å². The molecule has 128 valence electrons. The number of nitrogens with zero attached hydrogens (tertiary/aromatic N) is 8. The van der Waals surface area contributed by atoms with Gasteiger partial charge in [-0.25, -0.2) is 15.0 Å². The minimum Gasteiger partial charge on any atom is -0.354 e. The van der Waals surface area contributed by atoms with Gasteiger partial charge in [-0.1, -0.05) is 0 Å². The molecule has 2 aliphatic heterocycles. The molecule has 0 N–H and O–H groups in total. The van der Waals surface area contributed by atoms with Crippen LogP contribution in [0, 0.1) is 12.8 Å². The van der Waals surface area contributed by atoms with Gasteiger partial charge in [0, 0.05) is 38.2 Å². The van der Waals surface area contributed by atoms with Gasteiger partial charge in [-0.2, -0.15) is 0 Å². The maximum Gasteiger partial charge on any atom is 0.203 e. The molecule has 0 saturated carbocycles. The first kappa shape index (κ1) is 14.6. The van der Waals surface area contributed by atoms with Crippen LogP contribution in [-0.4, -0.2) is 55.2 Å². The van der Waals surface area contributed by atoms with Crippen LogP contribution in [0.15, 0.2) is 31.0 Å². The van der Waals surface area contributed by atoms with E-state index in [4.69, 9.17) is 0 Å². The Morgan fingerprint density at radius 3 is 2.88 bits per heavy atom. The van der Waals surface area contributed by atoms with Crippen LogP contribution >= 0.6 is 0 Å². The lowest BCUT2D eigenvalue weighted by molar-refractivity contribution is 0.388. The van der Waals surface area contributed by atoms with Crippen molar-refractivity contribution in [2.45, 2.75) is 25.8 Å². The lowest BCUT2D eigenvalue weighted by Crippen LogP contribution is -2.49. The van der Waals surface area contributed by atoms with E-state index in [0.29, 0.717) is 12.0 Å². The van der Waals surface area contributed by atoms with Crippen LogP contribution in [0.4, 0.5) is 11.6 Å². The molecule has 0 spiro atoms. The van der Waals surface area contributed by atoms with E-state index in [0.717, 1.165) is 42.7 Å². The van der Waals surface area contributed by atoms with E-state index < -0.39 is 0 Å². The zero-order valence-electron chi connectivity index (χ0n) is 14.2. The van der Waals surface area contributed by atoms with E-state index in [2.05, 4.69) is 34.9 Å². The van der Waals surface area contributed by atoms with Crippen molar-refractivity contribution in [1.29, 1.82) is 0 Å². The number of rotatable bonds is 2. The van der Waals surface area contributed by atoms with E-state index in [1.54, 1.807) is 6.33 Å². The van der Waals surface area contributed by atoms with Gasteiger partial charge in [-0.15, -0.1) is 10.2 Å². The zero-order chi connectivity index (χ0) is 16.8. The van der Waals surface area contributed by atoms with Gasteiger partial charge in [0.15, 0.2) is 5.82 Å². The van der Waals surface area contributed by atoms with Crippen molar-refractivity contribution in [3.63, 3.8) is 0 Å². The smallest absolute Gasteiger partial charge is 0.203 e. The summed E-state index contributed by atoms with van der Waals surface area (Å²) in [4.78, 5) is 17.9. The second-order valence-electron chi connectivity index (χ2n) is 6.80. The fourth-order valence-corrected chi connectivity index (χ4v) is 4.21. The Balaban J connectivity index is 1.48. The number of aromatic nitrogens is 6. The van der Waals surface area contributed by atoms with Crippen molar-refractivity contribution in [2.75, 3.05) is 29.4 Å². The highest BCUT2D eigenvalue weighted by Crippen LogP contribution is 2.36. The van der Waals surface area contributed by atoms with Gasteiger partial charge >= 0.3 is 0 Å². The van der Waals surface area contributed by atoms with Crippen molar-refractivity contribution in [2.24, 2.45) is 5.92 Å². The topological polar surface area (TPSA) is 75.3 Å². The van der Waals surface area contributed by atoms with Crippen LogP contribution in [0.1, 0.15) is 18.7 Å². The molecule has 0 aromatic carbocycles. The van der Waals surface area contributed by atoms with Gasteiger partial charge in [0.25, 0.3) is 0 Å². The van der Waals surface area contributed by atoms with Crippen LogP contribution in [0.5, 0.6) is 0 Å². The summed E-state index contributed by atoms with van der Waals surface area (Å²) in [6.07, 6.45) is 9.59. The normalized spacial score (nSPS) is 23.2. The van der Waals surface area contributed by atoms with E-state index in [1.165, 1.54) is 12.8 Å². The highest BCUT2D eigenvalue weighted by Gasteiger charge is 2.40. The fraction of sp³-hybridized carbons (Fsp3) is 0.471. The molecule has 2 unspecified atom stereocenters. The number of anilines is 2. The Labute approximate surface area is 145 Å². The molecule has 2 fully saturated rings. The number of fused-ring (bicyclic) bond motifs is 2. The fourth-order valence-electron chi connectivity index (χ4n) is 4.21. The van der Waals surface area contributed by atoms with Gasteiger partial charge in [0.2, 0.25) is 5.65 Å². The molecule has 8 nitrogen and oxygen atoms in total. The molecular formula is C17H20N8. The molecule has 2 aliphatic rings. The van der Waals surface area contributed by atoms with Gasteiger partial charge in [-0.3, -0.25) is 4.40 Å². The van der Waals surface area contributed by atoms with Crippen LogP contribution in [0.2, 0.25) is 0 Å². The lowest BCUT2D eigenvalue weighted by Gasteiger charge is -2.39. The average molecular weight is 336 g/mol. The number of hydrogen-bond donors (Lipinski definition) is 0. The first-order chi connectivity index (χ1) is 12.3. The Morgan fingerprint density at radius 1 is 1.08 bits per heavy atom. The van der Waals surface area contributed by atoms with Crippen molar-refractivity contribution < 1.29 is 0 Å². The maximum absolute atomic E-state index is 4.65. The summed E-state index contributed by atoms with van der Waals surface area (Å²) >= 11 is 0. The quantitative estimate of drug-likeness (QED) is 0.699. The van der Waals surface area contributed by atoms with E-state index >= 15 is 0 Å². The van der Waals surface area contributed by atoms with E-state index in [1.807, 2.05) is 36.0 Å². The second-order valence-corrected chi connectivity index (χ2v) is 6.80. The molecule has 3 aromatic heterocycles. The number of hydrogen-bond acceptors (Lipinski definition) is 7. The summed E-state index contributed by atoms with van der Waals surface area (Å²) in [6, 6.07) is 2.42. The molecule has 3 aromatic rings. The van der Waals surface area contributed by atoms with Crippen molar-refractivity contribution in [1.82, 2.24) is 29.5 Å². The Bertz CT molecular complexity index is 892. The minimum absolute atomic E-state index is 0.430. The Kier molecular flexibility index (Phi) is 3.29. The average Bonchev–Trinajstić information content (AvgIpc) is 3.26. The van der Waals surface area contributed by atoms with Gasteiger partial charge in [-0.05, 0) is 31.7 Å². The lowest BCUT2D eigenvalue weighted by atomic mass is 9.92. The number of piperidine rings is 1. The third kappa shape index (κ3) is 2.32. The first-order valence-corrected chi connectivity index (χ1v) is 8.75. The van der Waals surface area contributed by atoms with Gasteiger partial charge in [0.05, 0.1) is 6.04 Å². The van der Waals surface area contributed by atoms with Crippen molar-refractivity contribution in [3.8, 4) is 0 Å². The molecule has 0 bridgehead atoms. The van der Waals surface area contributed by atoms with Crippen LogP contribution < -0.4 is 9.80 Å². The third-order valence-corrected chi connectivity index (χ3v) is 5.50. The van der Waals surface area contributed by atoms with Crippen molar-refractivity contribution in [3.05, 3.63) is 36.8 Å². The molecule has 0 aliphatic carbocycles. The van der Waals surface area contributed by atoms with E-state index in [-0.39, 0.29) is 0 Å². The molecular weight excluding hydrogens is 316 g/mol. The molecule has 0 radical (unpaired) electrons. The summed E-state index contributed by atoms with van der Waals surface area (Å²) in [5.41, 5.74) is 0.847. The Morgan fingerprint density at radius 2 is 2.00 bits per heavy atom. The molecule has 0 amide bonds. The molecule has 5 heterocycles. The summed E-state index contributed by atoms with van der Waals surface area (Å²) in [7, 11) is 0. The molecule has 2 saturated heterocycles. The summed E-state index contributed by atoms with van der Waals surface area (Å²) in [5, 5.41) is 8.57. The van der Waals surface area contributed by atoms with E-state index in [9.17, 15) is 0 Å². The summed E-state index contributed by atoms with van der Waals surface area (Å²) < 4.78 is 2.01. The zero-order valence-corrected chi connectivity index (χ0v) is 14.2. The van der Waals surface area contributed by atoms with Crippen molar-refractivity contribution >= 4 is 17.3 Å². The largest absolute Gasteiger partial charge is 0.354 e. The Hall–Kier alpha value is -2.77. The number of aryl methyl sites for hydroxylation is 1. The predicted octanol–water partition coefficient (Wildman–Crippen LogP) is 1.33. The predicted molar refractivity (Wildman–Crippen MR) is 93.6 cm³/mol. The molecule has 25 heavy (non-hydrogen) atoms. The van der Waals surface area contributed by atoms with Crippen LogP contribution in [0.25, 0.3) is 5.65 Å². The van der Waals surface area contributed by atoms with Crippen LogP contribution in [0.3, 0.4) is 0 Å². The monoisotopic (exact) mass is 336 g/mol. The molecule has 5 rings (SSSR count). The minimum atomic E-state index is 0.430. The van der Waals surface area contributed by atoms with Gasteiger partial charge < -0.3 is 9.80 Å². The standard InChI is InChI=1S/C17H20N8/c1-12-21-22-17-16(19-6-9-24(12)17)25-8-4-13-3-7-23(10-14(13)25)15-2-5-18-11-20-15/h2,5-6,9,11,13-14H,3-4,7-8,10H2,1H3. The molecule has 8 heteroatoms. The highest BCUT2D eigenvalue weighted by molar-refractivity contribution is 5.65. The maximum atomic E-state index is 4.65. The third-order valence-electron chi connectivity index (χ3n) is 5.50. The summed E-state index contributed by atoms with van der Waals surface area (Å²) in [6.45, 7) is 4.99. The summed E-state index contributed by atoms with van der Waals surface area (Å²) in [5.74, 6) is 3.54. The van der Waals surface area contributed by atoms with Crippen LogP contribution in [-0.2, 0) is 0 Å². The second kappa shape index (κ2) is 5.65. The SMILES string of the molecule is Cc1nnc2c(N3CCC4CCN(c5ccncn5)CC43)nccn12. The molecule has 2 atom stereocenters. The first-order valence-electron chi connectivity index (χ1n) is 8.75.